The molecule has 1 aromatic heterocycles. The number of aromatic amines is 1. The highest BCUT2D eigenvalue weighted by Crippen LogP contribution is 2.25. The summed E-state index contributed by atoms with van der Waals surface area (Å²) in [6.07, 6.45) is 0. The van der Waals surface area contributed by atoms with E-state index >= 15 is 0 Å². The molecule has 90 valence electrons. The molecule has 1 aromatic carbocycles. The summed E-state index contributed by atoms with van der Waals surface area (Å²) >= 11 is 0. The third-order valence-electron chi connectivity index (χ3n) is 2.64. The van der Waals surface area contributed by atoms with E-state index in [1.54, 1.807) is 0 Å². The van der Waals surface area contributed by atoms with Crippen LogP contribution < -0.4 is 5.32 Å². The molecule has 2 rings (SSSR count). The molecule has 2 aromatic rings. The second kappa shape index (κ2) is 3.87. The van der Waals surface area contributed by atoms with Gasteiger partial charge in [0.1, 0.15) is 0 Å². The lowest BCUT2D eigenvalue weighted by Crippen LogP contribution is -2.10. The van der Waals surface area contributed by atoms with Crippen molar-refractivity contribution < 1.29 is 4.79 Å². The zero-order valence-electron chi connectivity index (χ0n) is 10.6. The minimum atomic E-state index is -0.125. The number of hydrogen-bond acceptors (Lipinski definition) is 2. The van der Waals surface area contributed by atoms with Crippen LogP contribution in [0.15, 0.2) is 18.2 Å². The van der Waals surface area contributed by atoms with Crippen molar-refractivity contribution in [1.82, 2.24) is 9.97 Å². The molecule has 0 aliphatic heterocycles. The number of nitrogens with one attached hydrogen (secondary N) is 2. The largest absolute Gasteiger partial charge is 0.324 e. The average molecular weight is 231 g/mol. The fraction of sp³-hybridized carbons (Fsp3) is 0.385. The Labute approximate surface area is 100 Å². The second-order valence-electron chi connectivity index (χ2n) is 5.25. The van der Waals surface area contributed by atoms with Crippen LogP contribution in [0.4, 0.5) is 5.95 Å². The van der Waals surface area contributed by atoms with Gasteiger partial charge in [-0.3, -0.25) is 10.1 Å². The van der Waals surface area contributed by atoms with Crippen molar-refractivity contribution in [2.75, 3.05) is 5.32 Å². The van der Waals surface area contributed by atoms with Gasteiger partial charge in [-0.15, -0.1) is 0 Å². The standard InChI is InChI=1S/C13H17N3O/c1-8(17)14-12-15-10-6-5-9(13(2,3)4)7-11(10)16-12/h5-7H,1-4H3,(H2,14,15,16,17). The Hall–Kier alpha value is -1.84. The highest BCUT2D eigenvalue weighted by molar-refractivity contribution is 5.89. The van der Waals surface area contributed by atoms with Crippen molar-refractivity contribution in [3.05, 3.63) is 23.8 Å². The van der Waals surface area contributed by atoms with Gasteiger partial charge in [-0.1, -0.05) is 26.8 Å². The number of amides is 1. The number of nitrogens with zero attached hydrogens (tertiary/aromatic N) is 1. The number of carbonyl (C=O) groups is 1. The maximum atomic E-state index is 10.9. The van der Waals surface area contributed by atoms with Crippen molar-refractivity contribution in [2.45, 2.75) is 33.1 Å². The minimum Gasteiger partial charge on any atom is -0.324 e. The lowest BCUT2D eigenvalue weighted by Gasteiger charge is -2.18. The Morgan fingerprint density at radius 3 is 2.65 bits per heavy atom. The molecule has 4 heteroatoms. The van der Waals surface area contributed by atoms with E-state index in [-0.39, 0.29) is 11.3 Å². The highest BCUT2D eigenvalue weighted by Gasteiger charge is 2.15. The monoisotopic (exact) mass is 231 g/mol. The van der Waals surface area contributed by atoms with Crippen LogP contribution in [0, 0.1) is 0 Å². The molecule has 0 aliphatic carbocycles. The highest BCUT2D eigenvalue weighted by atomic mass is 16.1. The summed E-state index contributed by atoms with van der Waals surface area (Å²) in [6, 6.07) is 6.13. The van der Waals surface area contributed by atoms with Crippen LogP contribution in [0.2, 0.25) is 0 Å². The molecule has 0 unspecified atom stereocenters. The first-order valence-corrected chi connectivity index (χ1v) is 5.64. The SMILES string of the molecule is CC(=O)Nc1nc2cc(C(C)(C)C)ccc2[nH]1. The minimum absolute atomic E-state index is 0.0985. The van der Waals surface area contributed by atoms with Crippen molar-refractivity contribution in [2.24, 2.45) is 0 Å². The molecule has 0 fully saturated rings. The lowest BCUT2D eigenvalue weighted by atomic mass is 9.87. The van der Waals surface area contributed by atoms with Gasteiger partial charge in [0.15, 0.2) is 0 Å². The summed E-state index contributed by atoms with van der Waals surface area (Å²) in [7, 11) is 0. The zero-order chi connectivity index (χ0) is 12.6. The Kier molecular flexibility index (Phi) is 2.65. The topological polar surface area (TPSA) is 57.8 Å². The molecule has 0 saturated carbocycles. The Balaban J connectivity index is 2.44. The molecular formula is C13H17N3O. The van der Waals surface area contributed by atoms with E-state index in [0.29, 0.717) is 5.95 Å². The smallest absolute Gasteiger partial charge is 0.223 e. The van der Waals surface area contributed by atoms with E-state index in [4.69, 9.17) is 0 Å². The molecule has 0 saturated heterocycles. The summed E-state index contributed by atoms with van der Waals surface area (Å²) in [4.78, 5) is 18.3. The molecule has 0 bridgehead atoms. The molecule has 1 amide bonds. The number of carbonyl (C=O) groups excluding carboxylic acids is 1. The van der Waals surface area contributed by atoms with E-state index in [9.17, 15) is 4.79 Å². The van der Waals surface area contributed by atoms with Gasteiger partial charge >= 0.3 is 0 Å². The van der Waals surface area contributed by atoms with Crippen LogP contribution in [-0.2, 0) is 10.2 Å². The van der Waals surface area contributed by atoms with E-state index in [0.717, 1.165) is 11.0 Å². The van der Waals surface area contributed by atoms with Crippen LogP contribution >= 0.6 is 0 Å². The Morgan fingerprint density at radius 1 is 1.35 bits per heavy atom. The third kappa shape index (κ3) is 2.46. The first-order valence-electron chi connectivity index (χ1n) is 5.64. The van der Waals surface area contributed by atoms with Gasteiger partial charge in [-0.25, -0.2) is 4.98 Å². The van der Waals surface area contributed by atoms with Crippen molar-refractivity contribution >= 4 is 22.9 Å². The van der Waals surface area contributed by atoms with E-state index in [2.05, 4.69) is 48.2 Å². The van der Waals surface area contributed by atoms with E-state index < -0.39 is 0 Å². The molecule has 1 heterocycles. The summed E-state index contributed by atoms with van der Waals surface area (Å²) in [5.74, 6) is 0.374. The van der Waals surface area contributed by atoms with E-state index in [1.165, 1.54) is 12.5 Å². The molecular weight excluding hydrogens is 214 g/mol. The van der Waals surface area contributed by atoms with Gasteiger partial charge in [-0.05, 0) is 23.1 Å². The lowest BCUT2D eigenvalue weighted by molar-refractivity contribution is -0.114. The fourth-order valence-electron chi connectivity index (χ4n) is 1.70. The summed E-state index contributed by atoms with van der Waals surface area (Å²) < 4.78 is 0. The van der Waals surface area contributed by atoms with E-state index in [1.807, 2.05) is 6.07 Å². The number of aromatic nitrogens is 2. The third-order valence-corrected chi connectivity index (χ3v) is 2.64. The van der Waals surface area contributed by atoms with Gasteiger partial charge in [0.05, 0.1) is 11.0 Å². The normalized spacial score (nSPS) is 11.8. The van der Waals surface area contributed by atoms with Gasteiger partial charge in [0, 0.05) is 6.92 Å². The Bertz CT molecular complexity index is 564. The summed E-state index contributed by atoms with van der Waals surface area (Å²) in [5.41, 5.74) is 3.13. The number of rotatable bonds is 1. The number of anilines is 1. The van der Waals surface area contributed by atoms with Crippen LogP contribution in [0.3, 0.4) is 0 Å². The molecule has 0 spiro atoms. The van der Waals surface area contributed by atoms with Crippen LogP contribution in [-0.4, -0.2) is 15.9 Å². The van der Waals surface area contributed by atoms with Crippen molar-refractivity contribution in [1.29, 1.82) is 0 Å². The number of fused-ring (bicyclic) bond motifs is 1. The number of benzene rings is 1. The van der Waals surface area contributed by atoms with Crippen LogP contribution in [0.5, 0.6) is 0 Å². The predicted octanol–water partition coefficient (Wildman–Crippen LogP) is 2.82. The fourth-order valence-corrected chi connectivity index (χ4v) is 1.70. The average Bonchev–Trinajstić information content (AvgIpc) is 2.55. The van der Waals surface area contributed by atoms with Crippen LogP contribution in [0.1, 0.15) is 33.3 Å². The van der Waals surface area contributed by atoms with Crippen molar-refractivity contribution in [3.63, 3.8) is 0 Å². The summed E-state index contributed by atoms with van der Waals surface area (Å²) in [5, 5.41) is 2.65. The molecule has 2 N–H and O–H groups in total. The van der Waals surface area contributed by atoms with Crippen LogP contribution in [0.25, 0.3) is 11.0 Å². The first-order chi connectivity index (χ1) is 7.86. The number of imidazole rings is 1. The van der Waals surface area contributed by atoms with Gasteiger partial charge < -0.3 is 4.98 Å². The van der Waals surface area contributed by atoms with Crippen molar-refractivity contribution in [3.8, 4) is 0 Å². The predicted molar refractivity (Wildman–Crippen MR) is 69.1 cm³/mol. The van der Waals surface area contributed by atoms with Gasteiger partial charge in [0.25, 0.3) is 0 Å². The maximum Gasteiger partial charge on any atom is 0.223 e. The number of H-pyrrole nitrogens is 1. The maximum absolute atomic E-state index is 10.9. The van der Waals surface area contributed by atoms with Gasteiger partial charge in [0.2, 0.25) is 11.9 Å². The number of hydrogen-bond donors (Lipinski definition) is 2. The second-order valence-corrected chi connectivity index (χ2v) is 5.25. The molecule has 0 atom stereocenters. The molecule has 0 aliphatic rings. The first kappa shape index (κ1) is 11.6. The molecule has 17 heavy (non-hydrogen) atoms. The molecule has 0 radical (unpaired) electrons. The molecule has 4 nitrogen and oxygen atoms in total. The Morgan fingerprint density at radius 2 is 2.06 bits per heavy atom. The quantitative estimate of drug-likeness (QED) is 0.792. The van der Waals surface area contributed by atoms with Gasteiger partial charge in [-0.2, -0.15) is 0 Å². The summed E-state index contributed by atoms with van der Waals surface area (Å²) in [6.45, 7) is 7.95. The zero-order valence-corrected chi connectivity index (χ0v) is 10.6.